The van der Waals surface area contributed by atoms with Crippen LogP contribution in [0.5, 0.6) is 11.5 Å². The number of ether oxygens (including phenoxy) is 2. The van der Waals surface area contributed by atoms with E-state index in [1.807, 2.05) is 42.0 Å². The number of amides is 1. The molecule has 0 saturated carbocycles. The Morgan fingerprint density at radius 2 is 1.93 bits per heavy atom. The van der Waals surface area contributed by atoms with E-state index in [0.29, 0.717) is 12.5 Å². The van der Waals surface area contributed by atoms with Gasteiger partial charge in [-0.2, -0.15) is 0 Å². The van der Waals surface area contributed by atoms with Crippen molar-refractivity contribution in [3.63, 3.8) is 0 Å². The van der Waals surface area contributed by atoms with Crippen LogP contribution in [0.3, 0.4) is 0 Å². The van der Waals surface area contributed by atoms with Crippen LogP contribution in [-0.2, 0) is 11.3 Å². The number of nitrogens with one attached hydrogen (secondary N) is 1. The molecule has 0 atom stereocenters. The highest BCUT2D eigenvalue weighted by Gasteiger charge is 2.17. The highest BCUT2D eigenvalue weighted by molar-refractivity contribution is 14.0. The van der Waals surface area contributed by atoms with E-state index in [2.05, 4.69) is 10.3 Å². The van der Waals surface area contributed by atoms with Crippen molar-refractivity contribution >= 4 is 35.8 Å². The third-order valence-electron chi connectivity index (χ3n) is 4.67. The molecule has 1 N–H and O–H groups in total. The summed E-state index contributed by atoms with van der Waals surface area (Å²) >= 11 is 0. The minimum Gasteiger partial charge on any atom is -0.497 e. The molecule has 0 spiro atoms. The van der Waals surface area contributed by atoms with E-state index in [-0.39, 0.29) is 36.4 Å². The molecule has 1 aliphatic rings. The molecule has 0 bridgehead atoms. The Kier molecular flexibility index (Phi) is 11.0. The van der Waals surface area contributed by atoms with Crippen LogP contribution in [0.15, 0.2) is 23.2 Å². The number of hydrogen-bond acceptors (Lipinski definition) is 4. The second-order valence-electron chi connectivity index (χ2n) is 6.65. The summed E-state index contributed by atoms with van der Waals surface area (Å²) in [5.74, 6) is 2.33. The smallest absolute Gasteiger partial charge is 0.244 e. The lowest BCUT2D eigenvalue weighted by atomic mass is 10.1. The van der Waals surface area contributed by atoms with Crippen LogP contribution < -0.4 is 14.8 Å². The van der Waals surface area contributed by atoms with Gasteiger partial charge in [0.2, 0.25) is 5.91 Å². The van der Waals surface area contributed by atoms with Crippen molar-refractivity contribution < 1.29 is 14.3 Å². The van der Waals surface area contributed by atoms with Crippen LogP contribution in [0.25, 0.3) is 0 Å². The summed E-state index contributed by atoms with van der Waals surface area (Å²) in [5.41, 5.74) is 1.02. The summed E-state index contributed by atoms with van der Waals surface area (Å²) in [6.07, 6.45) is 3.39. The average Bonchev–Trinajstić information content (AvgIpc) is 2.71. The molecule has 0 radical (unpaired) electrons. The van der Waals surface area contributed by atoms with E-state index in [4.69, 9.17) is 9.47 Å². The van der Waals surface area contributed by atoms with E-state index >= 15 is 0 Å². The fourth-order valence-electron chi connectivity index (χ4n) is 3.17. The van der Waals surface area contributed by atoms with Gasteiger partial charge < -0.3 is 24.6 Å². The fraction of sp³-hybridized carbons (Fsp3) is 0.600. The first kappa shape index (κ1) is 24.3. The first-order chi connectivity index (χ1) is 13.1. The molecule has 2 rings (SSSR count). The van der Waals surface area contributed by atoms with Crippen LogP contribution in [0.4, 0.5) is 0 Å². The van der Waals surface area contributed by atoms with E-state index < -0.39 is 0 Å². The summed E-state index contributed by atoms with van der Waals surface area (Å²) in [5, 5.41) is 3.26. The number of guanidine groups is 1. The van der Waals surface area contributed by atoms with Crippen LogP contribution in [0, 0.1) is 0 Å². The second-order valence-corrected chi connectivity index (χ2v) is 6.65. The summed E-state index contributed by atoms with van der Waals surface area (Å²) in [6, 6.07) is 5.76. The molecule has 158 valence electrons. The molecule has 1 aliphatic heterocycles. The number of methoxy groups -OCH3 is 2. The number of nitrogens with zero attached hydrogens (tertiary/aromatic N) is 3. The van der Waals surface area contributed by atoms with E-state index in [1.165, 1.54) is 6.42 Å². The average molecular weight is 504 g/mol. The normalized spacial score (nSPS) is 14.1. The number of aliphatic imine (C=N–C) groups is 1. The second kappa shape index (κ2) is 12.7. The molecule has 28 heavy (non-hydrogen) atoms. The lowest BCUT2D eigenvalue weighted by Crippen LogP contribution is -2.41. The number of carbonyl (C=O) groups is 1. The lowest BCUT2D eigenvalue weighted by molar-refractivity contribution is -0.130. The fourth-order valence-corrected chi connectivity index (χ4v) is 3.17. The maximum absolute atomic E-state index is 12.4. The number of hydrogen-bond donors (Lipinski definition) is 1. The molecule has 1 amide bonds. The predicted molar refractivity (Wildman–Crippen MR) is 123 cm³/mol. The highest BCUT2D eigenvalue weighted by atomic mass is 127. The minimum absolute atomic E-state index is 0. The van der Waals surface area contributed by atoms with Gasteiger partial charge in [0, 0.05) is 44.9 Å². The van der Waals surface area contributed by atoms with Crippen molar-refractivity contribution in [3.8, 4) is 11.5 Å². The maximum Gasteiger partial charge on any atom is 0.244 e. The Morgan fingerprint density at radius 3 is 2.54 bits per heavy atom. The van der Waals surface area contributed by atoms with E-state index in [0.717, 1.165) is 49.5 Å². The first-order valence-electron chi connectivity index (χ1n) is 9.57. The number of piperidine rings is 1. The van der Waals surface area contributed by atoms with Gasteiger partial charge in [-0.05, 0) is 38.3 Å². The van der Waals surface area contributed by atoms with Crippen molar-refractivity contribution in [2.24, 2.45) is 4.99 Å². The quantitative estimate of drug-likeness (QED) is 0.352. The van der Waals surface area contributed by atoms with Gasteiger partial charge in [-0.3, -0.25) is 4.79 Å². The van der Waals surface area contributed by atoms with Crippen molar-refractivity contribution in [1.29, 1.82) is 0 Å². The molecule has 1 heterocycles. The van der Waals surface area contributed by atoms with Gasteiger partial charge >= 0.3 is 0 Å². The Labute approximate surface area is 185 Å². The van der Waals surface area contributed by atoms with E-state index in [9.17, 15) is 4.79 Å². The number of carbonyl (C=O) groups excluding carboxylic acids is 1. The van der Waals surface area contributed by atoms with Crippen molar-refractivity contribution in [2.75, 3.05) is 47.4 Å². The molecule has 8 heteroatoms. The summed E-state index contributed by atoms with van der Waals surface area (Å²) in [4.78, 5) is 20.9. The number of rotatable bonds is 7. The Balaban J connectivity index is 0.00000392. The molecule has 7 nitrogen and oxygen atoms in total. The molecule has 0 unspecified atom stereocenters. The van der Waals surface area contributed by atoms with Crippen LogP contribution in [0.1, 0.15) is 31.7 Å². The zero-order valence-corrected chi connectivity index (χ0v) is 19.7. The summed E-state index contributed by atoms with van der Waals surface area (Å²) in [7, 11) is 5.24. The molecular weight excluding hydrogens is 471 g/mol. The Morgan fingerprint density at radius 1 is 1.21 bits per heavy atom. The monoisotopic (exact) mass is 504 g/mol. The number of halogens is 1. The SMILES string of the molecule is CCNC(=NCC(=O)N1CCCCC1)N(C)Cc1ccc(OC)cc1OC.I. The van der Waals surface area contributed by atoms with Crippen LogP contribution in [0.2, 0.25) is 0 Å². The third-order valence-corrected chi connectivity index (χ3v) is 4.67. The molecular formula is C20H33IN4O3. The van der Waals surface area contributed by atoms with Crippen molar-refractivity contribution in [1.82, 2.24) is 15.1 Å². The minimum atomic E-state index is 0. The summed E-state index contributed by atoms with van der Waals surface area (Å²) in [6.45, 7) is 5.24. The molecule has 1 saturated heterocycles. The van der Waals surface area contributed by atoms with Crippen molar-refractivity contribution in [3.05, 3.63) is 23.8 Å². The predicted octanol–water partition coefficient (Wildman–Crippen LogP) is 2.73. The molecule has 1 aromatic rings. The van der Waals surface area contributed by atoms with Crippen molar-refractivity contribution in [2.45, 2.75) is 32.7 Å². The van der Waals surface area contributed by atoms with Gasteiger partial charge in [-0.15, -0.1) is 24.0 Å². The molecule has 1 fully saturated rings. The van der Waals surface area contributed by atoms with Gasteiger partial charge in [0.15, 0.2) is 5.96 Å². The van der Waals surface area contributed by atoms with Gasteiger partial charge in [0.25, 0.3) is 0 Å². The van der Waals surface area contributed by atoms with Crippen LogP contribution >= 0.6 is 24.0 Å². The standard InChI is InChI=1S/C20H32N4O3.HI/c1-5-21-20(22-14-19(25)24-11-7-6-8-12-24)23(2)15-16-9-10-17(26-3)13-18(16)27-4;/h9-10,13H,5-8,11-12,14-15H2,1-4H3,(H,21,22);1H. The highest BCUT2D eigenvalue weighted by Crippen LogP contribution is 2.25. The Hall–Kier alpha value is -1.71. The zero-order chi connectivity index (χ0) is 19.6. The maximum atomic E-state index is 12.4. The lowest BCUT2D eigenvalue weighted by Gasteiger charge is -2.27. The van der Waals surface area contributed by atoms with Crippen LogP contribution in [-0.4, -0.2) is 69.1 Å². The van der Waals surface area contributed by atoms with Gasteiger partial charge in [0.1, 0.15) is 18.0 Å². The molecule has 0 aromatic heterocycles. The van der Waals surface area contributed by atoms with Gasteiger partial charge in [-0.25, -0.2) is 4.99 Å². The first-order valence-corrected chi connectivity index (χ1v) is 9.57. The zero-order valence-electron chi connectivity index (χ0n) is 17.4. The van der Waals surface area contributed by atoms with E-state index in [1.54, 1.807) is 14.2 Å². The topological polar surface area (TPSA) is 66.4 Å². The molecule has 1 aromatic carbocycles. The number of likely N-dealkylation sites (tertiary alicyclic amines) is 1. The third kappa shape index (κ3) is 7.03. The number of benzene rings is 1. The largest absolute Gasteiger partial charge is 0.497 e. The Bertz CT molecular complexity index is 648. The molecule has 0 aliphatic carbocycles. The summed E-state index contributed by atoms with van der Waals surface area (Å²) < 4.78 is 10.7. The van der Waals surface area contributed by atoms with Gasteiger partial charge in [-0.1, -0.05) is 0 Å². The van der Waals surface area contributed by atoms with Gasteiger partial charge in [0.05, 0.1) is 14.2 Å².